The molecule has 142 valence electrons. The van der Waals surface area contributed by atoms with E-state index in [0.29, 0.717) is 26.2 Å². The molecular formula is C22H26N2O3. The van der Waals surface area contributed by atoms with Crippen LogP contribution < -0.4 is 5.32 Å². The Labute approximate surface area is 160 Å². The monoisotopic (exact) mass is 366 g/mol. The van der Waals surface area contributed by atoms with Crippen LogP contribution in [-0.4, -0.2) is 43.8 Å². The third kappa shape index (κ3) is 3.50. The van der Waals surface area contributed by atoms with Crippen LogP contribution in [-0.2, 0) is 32.9 Å². The number of hydrogen-bond donors (Lipinski definition) is 1. The van der Waals surface area contributed by atoms with Gasteiger partial charge in [0, 0.05) is 33.2 Å². The first-order chi connectivity index (χ1) is 13.2. The summed E-state index contributed by atoms with van der Waals surface area (Å²) in [5.74, 6) is -0.0482. The summed E-state index contributed by atoms with van der Waals surface area (Å²) in [7, 11) is 1.63. The van der Waals surface area contributed by atoms with Gasteiger partial charge in [-0.25, -0.2) is 0 Å². The molecule has 1 amide bonds. The van der Waals surface area contributed by atoms with Crippen molar-refractivity contribution in [2.45, 2.75) is 31.2 Å². The molecule has 0 unspecified atom stereocenters. The van der Waals surface area contributed by atoms with Crippen LogP contribution in [0.1, 0.15) is 23.1 Å². The van der Waals surface area contributed by atoms with E-state index in [4.69, 9.17) is 9.47 Å². The zero-order chi connectivity index (χ0) is 18.7. The molecule has 0 bridgehead atoms. The van der Waals surface area contributed by atoms with Crippen molar-refractivity contribution >= 4 is 5.91 Å². The van der Waals surface area contributed by atoms with Crippen LogP contribution in [0.2, 0.25) is 0 Å². The quantitative estimate of drug-likeness (QED) is 0.798. The number of fused-ring (bicyclic) bond motifs is 2. The Morgan fingerprint density at radius 3 is 2.81 bits per heavy atom. The minimum atomic E-state index is -0.425. The van der Waals surface area contributed by atoms with Crippen molar-refractivity contribution in [2.24, 2.45) is 0 Å². The highest BCUT2D eigenvalue weighted by Gasteiger charge is 2.52. The minimum absolute atomic E-state index is 0.0482. The van der Waals surface area contributed by atoms with Gasteiger partial charge < -0.3 is 14.8 Å². The third-order valence-corrected chi connectivity index (χ3v) is 5.65. The number of methoxy groups -OCH3 is 1. The average molecular weight is 366 g/mol. The Balaban J connectivity index is 1.56. The van der Waals surface area contributed by atoms with Crippen LogP contribution in [0.25, 0.3) is 0 Å². The predicted octanol–water partition coefficient (Wildman–Crippen LogP) is 2.45. The lowest BCUT2D eigenvalue weighted by molar-refractivity contribution is -0.130. The summed E-state index contributed by atoms with van der Waals surface area (Å²) in [6, 6.07) is 19.0. The van der Waals surface area contributed by atoms with E-state index in [0.717, 1.165) is 13.1 Å². The molecule has 2 aliphatic heterocycles. The molecule has 0 saturated carbocycles. The maximum Gasteiger partial charge on any atom is 0.249 e. The number of amides is 1. The van der Waals surface area contributed by atoms with Crippen LogP contribution in [0, 0.1) is 0 Å². The van der Waals surface area contributed by atoms with Gasteiger partial charge in [-0.2, -0.15) is 0 Å². The summed E-state index contributed by atoms with van der Waals surface area (Å²) >= 11 is 0. The topological polar surface area (TPSA) is 50.8 Å². The zero-order valence-corrected chi connectivity index (χ0v) is 15.7. The molecule has 1 fully saturated rings. The molecule has 2 heterocycles. The largest absolute Gasteiger partial charge is 0.383 e. The van der Waals surface area contributed by atoms with E-state index in [-0.39, 0.29) is 11.4 Å². The van der Waals surface area contributed by atoms with Crippen molar-refractivity contribution in [1.82, 2.24) is 10.2 Å². The van der Waals surface area contributed by atoms with E-state index in [1.807, 2.05) is 6.07 Å². The molecule has 0 aliphatic carbocycles. The fraction of sp³-hybridized carbons (Fsp3) is 0.409. The molecular weight excluding hydrogens is 340 g/mol. The first-order valence-electron chi connectivity index (χ1n) is 9.48. The van der Waals surface area contributed by atoms with E-state index in [9.17, 15) is 4.79 Å². The second-order valence-corrected chi connectivity index (χ2v) is 7.32. The standard InChI is InChI=1S/C22H26N2O3/c1-26-12-11-23-21(25)20-13-22(16-27-20)19-10-6-5-9-18(19)15-24(22)14-17-7-3-2-4-8-17/h2-10,20H,11-16H2,1H3,(H,23,25)/t20-,22-/m1/s1. The lowest BCUT2D eigenvalue weighted by atomic mass is 9.86. The molecule has 27 heavy (non-hydrogen) atoms. The van der Waals surface area contributed by atoms with E-state index < -0.39 is 6.10 Å². The number of hydrogen-bond acceptors (Lipinski definition) is 4. The molecule has 5 heteroatoms. The Bertz CT molecular complexity index is 795. The van der Waals surface area contributed by atoms with Crippen molar-refractivity contribution in [1.29, 1.82) is 0 Å². The summed E-state index contributed by atoms with van der Waals surface area (Å²) in [5, 5.41) is 2.91. The van der Waals surface area contributed by atoms with Gasteiger partial charge in [-0.15, -0.1) is 0 Å². The number of nitrogens with zero attached hydrogens (tertiary/aromatic N) is 1. The van der Waals surface area contributed by atoms with Crippen LogP contribution >= 0.6 is 0 Å². The second-order valence-electron chi connectivity index (χ2n) is 7.32. The van der Waals surface area contributed by atoms with Crippen molar-refractivity contribution in [3.8, 4) is 0 Å². The number of nitrogens with one attached hydrogen (secondary N) is 1. The van der Waals surface area contributed by atoms with Gasteiger partial charge in [0.05, 0.1) is 18.8 Å². The maximum absolute atomic E-state index is 12.5. The maximum atomic E-state index is 12.5. The van der Waals surface area contributed by atoms with Gasteiger partial charge in [-0.05, 0) is 16.7 Å². The Morgan fingerprint density at radius 1 is 1.22 bits per heavy atom. The summed E-state index contributed by atoms with van der Waals surface area (Å²) in [6.45, 7) is 3.28. The highest BCUT2D eigenvalue weighted by Crippen LogP contribution is 2.47. The van der Waals surface area contributed by atoms with Crippen LogP contribution in [0.5, 0.6) is 0 Å². The average Bonchev–Trinajstić information content (AvgIpc) is 3.27. The first-order valence-corrected chi connectivity index (χ1v) is 9.48. The summed E-state index contributed by atoms with van der Waals surface area (Å²) in [6.07, 6.45) is 0.252. The van der Waals surface area contributed by atoms with Gasteiger partial charge in [-0.1, -0.05) is 54.6 Å². The Kier molecular flexibility index (Phi) is 5.25. The van der Waals surface area contributed by atoms with Gasteiger partial charge in [0.25, 0.3) is 0 Å². The summed E-state index contributed by atoms with van der Waals surface area (Å²) in [5.41, 5.74) is 3.67. The van der Waals surface area contributed by atoms with E-state index in [1.165, 1.54) is 16.7 Å². The smallest absolute Gasteiger partial charge is 0.249 e. The predicted molar refractivity (Wildman–Crippen MR) is 103 cm³/mol. The van der Waals surface area contributed by atoms with Crippen molar-refractivity contribution < 1.29 is 14.3 Å². The number of carbonyl (C=O) groups is 1. The van der Waals surface area contributed by atoms with Crippen molar-refractivity contribution in [3.63, 3.8) is 0 Å². The number of carbonyl (C=O) groups excluding carboxylic acids is 1. The van der Waals surface area contributed by atoms with Gasteiger partial charge in [0.2, 0.25) is 5.91 Å². The normalized spacial score (nSPS) is 24.3. The Morgan fingerprint density at radius 2 is 2.00 bits per heavy atom. The Hall–Kier alpha value is -2.21. The van der Waals surface area contributed by atoms with Crippen molar-refractivity contribution in [2.75, 3.05) is 26.9 Å². The van der Waals surface area contributed by atoms with Crippen molar-refractivity contribution in [3.05, 3.63) is 71.3 Å². The molecule has 1 N–H and O–H groups in total. The zero-order valence-electron chi connectivity index (χ0n) is 15.7. The van der Waals surface area contributed by atoms with E-state index in [2.05, 4.69) is 58.7 Å². The number of ether oxygens (including phenoxy) is 2. The number of benzene rings is 2. The first kappa shape index (κ1) is 18.2. The molecule has 5 nitrogen and oxygen atoms in total. The van der Waals surface area contributed by atoms with Gasteiger partial charge in [0.1, 0.15) is 6.10 Å². The summed E-state index contributed by atoms with van der Waals surface area (Å²) < 4.78 is 11.0. The van der Waals surface area contributed by atoms with Crippen LogP contribution in [0.4, 0.5) is 0 Å². The number of rotatable bonds is 6. The van der Waals surface area contributed by atoms with Gasteiger partial charge >= 0.3 is 0 Å². The molecule has 2 aromatic rings. The lowest BCUT2D eigenvalue weighted by Gasteiger charge is -2.34. The van der Waals surface area contributed by atoms with Crippen LogP contribution in [0.15, 0.2) is 54.6 Å². The highest BCUT2D eigenvalue weighted by molar-refractivity contribution is 5.81. The minimum Gasteiger partial charge on any atom is -0.383 e. The molecule has 1 spiro atoms. The molecule has 1 saturated heterocycles. The molecule has 0 aromatic heterocycles. The highest BCUT2D eigenvalue weighted by atomic mass is 16.5. The molecule has 2 aliphatic rings. The van der Waals surface area contributed by atoms with Gasteiger partial charge in [-0.3, -0.25) is 9.69 Å². The third-order valence-electron chi connectivity index (χ3n) is 5.65. The molecule has 4 rings (SSSR count). The second kappa shape index (κ2) is 7.80. The fourth-order valence-electron chi connectivity index (χ4n) is 4.28. The SMILES string of the molecule is COCCNC(=O)[C@H]1C[C@@]2(CO1)c1ccccc1CN2Cc1ccccc1. The van der Waals surface area contributed by atoms with Gasteiger partial charge in [0.15, 0.2) is 0 Å². The molecule has 2 aromatic carbocycles. The van der Waals surface area contributed by atoms with E-state index >= 15 is 0 Å². The van der Waals surface area contributed by atoms with Crippen LogP contribution in [0.3, 0.4) is 0 Å². The lowest BCUT2D eigenvalue weighted by Crippen LogP contribution is -2.42. The molecule has 0 radical (unpaired) electrons. The molecule has 2 atom stereocenters. The summed E-state index contributed by atoms with van der Waals surface area (Å²) in [4.78, 5) is 15.0. The fourth-order valence-corrected chi connectivity index (χ4v) is 4.28. The van der Waals surface area contributed by atoms with E-state index in [1.54, 1.807) is 7.11 Å².